The fraction of sp³-hybridized carbons (Fsp3) is 0.200. The summed E-state index contributed by atoms with van der Waals surface area (Å²) in [7, 11) is 0. The molecule has 8 heteroatoms. The molecule has 0 atom stereocenters. The van der Waals surface area contributed by atoms with Gasteiger partial charge >= 0.3 is 5.69 Å². The maximum absolute atomic E-state index is 11.8. The number of hydrogen-bond donors (Lipinski definition) is 4. The number of rotatable bonds is 2. The smallest absolute Gasteiger partial charge is 0.318 e. The van der Waals surface area contributed by atoms with Gasteiger partial charge in [-0.2, -0.15) is 5.10 Å². The topological polar surface area (TPSA) is 123 Å². The van der Waals surface area contributed by atoms with E-state index in [1.54, 1.807) is 13.8 Å². The van der Waals surface area contributed by atoms with E-state index in [4.69, 9.17) is 0 Å². The lowest BCUT2D eigenvalue weighted by atomic mass is 10.3. The molecule has 0 aliphatic heterocycles. The first kappa shape index (κ1) is 11.8. The first-order chi connectivity index (χ1) is 8.47. The standard InChI is InChI=1S/C10H11N5O3/c1-4-8(5(2)15-14-4)13-9(17)6-3-7(16)12-10(18)11-6/h3H,1-2H3,(H,13,17)(H,14,15)(H2,11,12,16,18). The highest BCUT2D eigenvalue weighted by molar-refractivity contribution is 6.03. The first-order valence-corrected chi connectivity index (χ1v) is 5.14. The minimum absolute atomic E-state index is 0.108. The van der Waals surface area contributed by atoms with E-state index in [0.29, 0.717) is 17.1 Å². The third-order valence-corrected chi connectivity index (χ3v) is 2.37. The number of hydrogen-bond acceptors (Lipinski definition) is 4. The zero-order chi connectivity index (χ0) is 13.3. The predicted molar refractivity (Wildman–Crippen MR) is 63.7 cm³/mol. The Balaban J connectivity index is 2.33. The minimum atomic E-state index is -0.728. The number of aryl methyl sites for hydroxylation is 2. The van der Waals surface area contributed by atoms with Gasteiger partial charge in [-0.25, -0.2) is 4.79 Å². The molecule has 0 bridgehead atoms. The molecule has 0 unspecified atom stereocenters. The van der Waals surface area contributed by atoms with Crippen molar-refractivity contribution >= 4 is 11.6 Å². The van der Waals surface area contributed by atoms with E-state index in [1.165, 1.54) is 0 Å². The maximum atomic E-state index is 11.8. The summed E-state index contributed by atoms with van der Waals surface area (Å²) >= 11 is 0. The van der Waals surface area contributed by atoms with Gasteiger partial charge < -0.3 is 10.3 Å². The van der Waals surface area contributed by atoms with E-state index in [1.807, 2.05) is 4.98 Å². The highest BCUT2D eigenvalue weighted by Crippen LogP contribution is 2.16. The summed E-state index contributed by atoms with van der Waals surface area (Å²) in [5.74, 6) is -0.578. The molecule has 2 aromatic heterocycles. The summed E-state index contributed by atoms with van der Waals surface area (Å²) in [5.41, 5.74) is 0.365. The van der Waals surface area contributed by atoms with Gasteiger partial charge in [0.25, 0.3) is 11.5 Å². The molecule has 0 aromatic carbocycles. The lowest BCUT2D eigenvalue weighted by Gasteiger charge is -2.04. The number of nitrogens with zero attached hydrogens (tertiary/aromatic N) is 1. The Hall–Kier alpha value is -2.64. The van der Waals surface area contributed by atoms with E-state index in [2.05, 4.69) is 20.5 Å². The molecule has 0 saturated carbocycles. The summed E-state index contributed by atoms with van der Waals surface area (Å²) < 4.78 is 0. The van der Waals surface area contributed by atoms with Crippen LogP contribution in [0.5, 0.6) is 0 Å². The second-order valence-corrected chi connectivity index (χ2v) is 3.76. The summed E-state index contributed by atoms with van der Waals surface area (Å²) in [4.78, 5) is 38.2. The average molecular weight is 249 g/mol. The molecule has 0 aliphatic carbocycles. The van der Waals surface area contributed by atoms with Crippen LogP contribution in [0.25, 0.3) is 0 Å². The lowest BCUT2D eigenvalue weighted by Crippen LogP contribution is -2.27. The van der Waals surface area contributed by atoms with E-state index in [9.17, 15) is 14.4 Å². The SMILES string of the molecule is Cc1n[nH]c(C)c1NC(=O)c1cc(=O)[nH]c(=O)[nH]1. The van der Waals surface area contributed by atoms with Gasteiger partial charge in [-0.1, -0.05) is 0 Å². The van der Waals surface area contributed by atoms with Crippen LogP contribution in [-0.4, -0.2) is 26.1 Å². The molecular weight excluding hydrogens is 238 g/mol. The third-order valence-electron chi connectivity index (χ3n) is 2.37. The Morgan fingerprint density at radius 3 is 2.56 bits per heavy atom. The van der Waals surface area contributed by atoms with Crippen molar-refractivity contribution in [1.29, 1.82) is 0 Å². The van der Waals surface area contributed by atoms with Crippen molar-refractivity contribution in [3.05, 3.63) is 44.0 Å². The Labute approximate surface area is 100 Å². The van der Waals surface area contributed by atoms with Crippen LogP contribution in [-0.2, 0) is 0 Å². The third kappa shape index (κ3) is 2.21. The van der Waals surface area contributed by atoms with E-state index < -0.39 is 17.2 Å². The summed E-state index contributed by atoms with van der Waals surface area (Å²) in [6.07, 6.45) is 0. The van der Waals surface area contributed by atoms with Crippen molar-refractivity contribution in [2.24, 2.45) is 0 Å². The number of aromatic amines is 3. The number of nitrogens with one attached hydrogen (secondary N) is 4. The molecule has 0 aliphatic rings. The zero-order valence-electron chi connectivity index (χ0n) is 9.75. The number of amides is 1. The van der Waals surface area contributed by atoms with Crippen molar-refractivity contribution in [2.75, 3.05) is 5.32 Å². The molecule has 2 heterocycles. The van der Waals surface area contributed by atoms with Gasteiger partial charge in [-0.3, -0.25) is 19.7 Å². The number of H-pyrrole nitrogens is 3. The van der Waals surface area contributed by atoms with E-state index >= 15 is 0 Å². The molecule has 8 nitrogen and oxygen atoms in total. The predicted octanol–water partition coefficient (Wildman–Crippen LogP) is -0.345. The molecule has 18 heavy (non-hydrogen) atoms. The first-order valence-electron chi connectivity index (χ1n) is 5.14. The average Bonchev–Trinajstić information content (AvgIpc) is 2.59. The number of carbonyl (C=O) groups is 1. The van der Waals surface area contributed by atoms with Crippen molar-refractivity contribution in [2.45, 2.75) is 13.8 Å². The van der Waals surface area contributed by atoms with Crippen molar-refractivity contribution in [3.63, 3.8) is 0 Å². The fourth-order valence-electron chi connectivity index (χ4n) is 1.51. The van der Waals surface area contributed by atoms with Gasteiger partial charge in [0.05, 0.1) is 17.1 Å². The van der Waals surface area contributed by atoms with E-state index in [0.717, 1.165) is 6.07 Å². The van der Waals surface area contributed by atoms with E-state index in [-0.39, 0.29) is 5.69 Å². The molecule has 0 fully saturated rings. The Kier molecular flexibility index (Phi) is 2.84. The number of anilines is 1. The summed E-state index contributed by atoms with van der Waals surface area (Å²) in [5, 5.41) is 9.20. The zero-order valence-corrected chi connectivity index (χ0v) is 9.75. The normalized spacial score (nSPS) is 10.3. The molecule has 0 spiro atoms. The number of aromatic nitrogens is 4. The van der Waals surface area contributed by atoms with Crippen molar-refractivity contribution in [1.82, 2.24) is 20.2 Å². The van der Waals surface area contributed by atoms with Crippen LogP contribution in [0, 0.1) is 13.8 Å². The van der Waals surface area contributed by atoms with Crippen LogP contribution in [0.1, 0.15) is 21.9 Å². The van der Waals surface area contributed by atoms with Gasteiger partial charge in [-0.15, -0.1) is 0 Å². The van der Waals surface area contributed by atoms with Crippen LogP contribution in [0.4, 0.5) is 5.69 Å². The van der Waals surface area contributed by atoms with Crippen LogP contribution in [0.3, 0.4) is 0 Å². The second-order valence-electron chi connectivity index (χ2n) is 3.76. The fourth-order valence-corrected chi connectivity index (χ4v) is 1.51. The van der Waals surface area contributed by atoms with Gasteiger partial charge in [0.2, 0.25) is 0 Å². The quantitative estimate of drug-likeness (QED) is 0.581. The Morgan fingerprint density at radius 2 is 2.00 bits per heavy atom. The molecular formula is C10H11N5O3. The van der Waals surface area contributed by atoms with Crippen LogP contribution in [0.2, 0.25) is 0 Å². The second kappa shape index (κ2) is 4.32. The van der Waals surface area contributed by atoms with Gasteiger partial charge in [0, 0.05) is 6.07 Å². The van der Waals surface area contributed by atoms with Crippen LogP contribution >= 0.6 is 0 Å². The molecule has 1 amide bonds. The summed E-state index contributed by atoms with van der Waals surface area (Å²) in [6, 6.07) is 1.02. The summed E-state index contributed by atoms with van der Waals surface area (Å²) in [6.45, 7) is 3.47. The van der Waals surface area contributed by atoms with Crippen molar-refractivity contribution < 1.29 is 4.79 Å². The molecule has 2 rings (SSSR count). The monoisotopic (exact) mass is 249 g/mol. The highest BCUT2D eigenvalue weighted by Gasteiger charge is 2.13. The molecule has 0 radical (unpaired) electrons. The van der Waals surface area contributed by atoms with Crippen LogP contribution < -0.4 is 16.6 Å². The van der Waals surface area contributed by atoms with Gasteiger partial charge in [-0.05, 0) is 13.8 Å². The highest BCUT2D eigenvalue weighted by atomic mass is 16.2. The van der Waals surface area contributed by atoms with Crippen molar-refractivity contribution in [3.8, 4) is 0 Å². The Bertz CT molecular complexity index is 661. The lowest BCUT2D eigenvalue weighted by molar-refractivity contribution is 0.102. The Morgan fingerprint density at radius 1 is 1.28 bits per heavy atom. The molecule has 0 saturated heterocycles. The molecule has 4 N–H and O–H groups in total. The van der Waals surface area contributed by atoms with Crippen LogP contribution in [0.15, 0.2) is 15.7 Å². The van der Waals surface area contributed by atoms with Gasteiger partial charge in [0.1, 0.15) is 5.69 Å². The van der Waals surface area contributed by atoms with Gasteiger partial charge in [0.15, 0.2) is 0 Å². The minimum Gasteiger partial charge on any atom is -0.318 e. The maximum Gasteiger partial charge on any atom is 0.326 e. The number of carbonyl (C=O) groups excluding carboxylic acids is 1. The molecule has 94 valence electrons. The largest absolute Gasteiger partial charge is 0.326 e. The molecule has 2 aromatic rings.